The van der Waals surface area contributed by atoms with Crippen LogP contribution in [-0.4, -0.2) is 56.6 Å². The van der Waals surface area contributed by atoms with Crippen molar-refractivity contribution in [1.29, 1.82) is 0 Å². The summed E-state index contributed by atoms with van der Waals surface area (Å²) in [5.74, 6) is -0.488. The zero-order chi connectivity index (χ0) is 11.8. The Bertz CT molecular complexity index is 221. The fraction of sp³-hybridized carbons (Fsp3) is 0.778. The van der Waals surface area contributed by atoms with E-state index in [1.54, 1.807) is 6.92 Å². The second kappa shape index (κ2) is 7.19. The van der Waals surface area contributed by atoms with Gasteiger partial charge >= 0.3 is 0 Å². The Morgan fingerprint density at radius 2 is 2.13 bits per heavy atom. The van der Waals surface area contributed by atoms with E-state index >= 15 is 0 Å². The number of amides is 2. The molecule has 1 unspecified atom stereocenters. The Hall–Kier alpha value is -1.14. The van der Waals surface area contributed by atoms with Crippen molar-refractivity contribution in [3.05, 3.63) is 0 Å². The van der Waals surface area contributed by atoms with Crippen LogP contribution < -0.4 is 11.1 Å². The molecule has 2 amide bonds. The highest BCUT2D eigenvalue weighted by Gasteiger charge is 2.21. The summed E-state index contributed by atoms with van der Waals surface area (Å²) in [6.45, 7) is 2.43. The van der Waals surface area contributed by atoms with Crippen LogP contribution >= 0.6 is 0 Å². The highest BCUT2D eigenvalue weighted by molar-refractivity contribution is 5.87. The molecule has 0 saturated carbocycles. The number of carbonyl (C=O) groups is 2. The van der Waals surface area contributed by atoms with Crippen molar-refractivity contribution in [2.45, 2.75) is 13.0 Å². The summed E-state index contributed by atoms with van der Waals surface area (Å²) in [5, 5.41) is 2.45. The van der Waals surface area contributed by atoms with Gasteiger partial charge in [-0.1, -0.05) is 0 Å². The number of carbonyl (C=O) groups excluding carboxylic acids is 2. The first kappa shape index (κ1) is 13.9. The minimum Gasteiger partial charge on any atom is -0.383 e. The zero-order valence-electron chi connectivity index (χ0n) is 9.45. The predicted octanol–water partition coefficient (Wildman–Crippen LogP) is -1.45. The van der Waals surface area contributed by atoms with Crippen molar-refractivity contribution in [1.82, 2.24) is 10.2 Å². The van der Waals surface area contributed by atoms with Gasteiger partial charge < -0.3 is 20.7 Å². The van der Waals surface area contributed by atoms with Gasteiger partial charge in [-0.15, -0.1) is 0 Å². The van der Waals surface area contributed by atoms with Gasteiger partial charge in [0.1, 0.15) is 6.04 Å². The van der Waals surface area contributed by atoms with Crippen LogP contribution in [0.3, 0.4) is 0 Å². The van der Waals surface area contributed by atoms with Crippen LogP contribution in [-0.2, 0) is 14.3 Å². The van der Waals surface area contributed by atoms with Crippen molar-refractivity contribution in [3.8, 4) is 0 Å². The molecule has 0 aliphatic carbocycles. The zero-order valence-corrected chi connectivity index (χ0v) is 9.45. The molecule has 0 aromatic heterocycles. The lowest BCUT2D eigenvalue weighted by molar-refractivity contribution is -0.137. The lowest BCUT2D eigenvalue weighted by atomic mass is 10.2. The van der Waals surface area contributed by atoms with Crippen LogP contribution in [0.1, 0.15) is 6.92 Å². The molecule has 0 bridgehead atoms. The molecule has 0 aromatic rings. The van der Waals surface area contributed by atoms with Crippen molar-refractivity contribution < 1.29 is 14.3 Å². The highest BCUT2D eigenvalue weighted by atomic mass is 16.5. The first-order valence-corrected chi connectivity index (χ1v) is 4.80. The van der Waals surface area contributed by atoms with E-state index in [1.807, 2.05) is 0 Å². The standard InChI is InChI=1S/C9H19N3O3/c1-4-12(5-8(13)11-2)9(14)7(10)6-15-3/h7H,4-6,10H2,1-3H3,(H,11,13). The number of hydrogen-bond donors (Lipinski definition) is 2. The number of nitrogens with two attached hydrogens (primary N) is 1. The van der Waals surface area contributed by atoms with E-state index in [1.165, 1.54) is 19.1 Å². The first-order valence-electron chi connectivity index (χ1n) is 4.80. The molecular weight excluding hydrogens is 198 g/mol. The number of rotatable bonds is 6. The third-order valence-electron chi connectivity index (χ3n) is 1.97. The average Bonchev–Trinajstić information content (AvgIpc) is 2.24. The van der Waals surface area contributed by atoms with Crippen molar-refractivity contribution >= 4 is 11.8 Å². The fourth-order valence-electron chi connectivity index (χ4n) is 1.08. The molecule has 0 heterocycles. The van der Waals surface area contributed by atoms with Gasteiger partial charge in [0.2, 0.25) is 11.8 Å². The van der Waals surface area contributed by atoms with Gasteiger partial charge in [0.15, 0.2) is 0 Å². The number of nitrogens with one attached hydrogen (secondary N) is 1. The molecule has 88 valence electrons. The SMILES string of the molecule is CCN(CC(=O)NC)C(=O)C(N)COC. The lowest BCUT2D eigenvalue weighted by Gasteiger charge is -2.23. The number of nitrogens with zero attached hydrogens (tertiary/aromatic N) is 1. The molecule has 0 radical (unpaired) electrons. The van der Waals surface area contributed by atoms with Crippen LogP contribution in [0.4, 0.5) is 0 Å². The molecule has 3 N–H and O–H groups in total. The van der Waals surface area contributed by atoms with Crippen LogP contribution in [0.15, 0.2) is 0 Å². The smallest absolute Gasteiger partial charge is 0.242 e. The largest absolute Gasteiger partial charge is 0.383 e. The van der Waals surface area contributed by atoms with Gasteiger partial charge in [0.25, 0.3) is 0 Å². The second-order valence-corrected chi connectivity index (χ2v) is 3.09. The fourth-order valence-corrected chi connectivity index (χ4v) is 1.08. The van der Waals surface area contributed by atoms with Gasteiger partial charge in [-0.05, 0) is 6.92 Å². The Balaban J connectivity index is 4.27. The van der Waals surface area contributed by atoms with Gasteiger partial charge in [-0.2, -0.15) is 0 Å². The quantitative estimate of drug-likeness (QED) is 0.570. The van der Waals surface area contributed by atoms with E-state index in [9.17, 15) is 9.59 Å². The molecule has 15 heavy (non-hydrogen) atoms. The van der Waals surface area contributed by atoms with E-state index < -0.39 is 6.04 Å². The van der Waals surface area contributed by atoms with E-state index in [2.05, 4.69) is 5.32 Å². The summed E-state index contributed by atoms with van der Waals surface area (Å²) < 4.78 is 4.78. The van der Waals surface area contributed by atoms with Gasteiger partial charge in [-0.3, -0.25) is 9.59 Å². The molecular formula is C9H19N3O3. The van der Waals surface area contributed by atoms with Gasteiger partial charge in [0.05, 0.1) is 13.2 Å². The predicted molar refractivity (Wildman–Crippen MR) is 56.2 cm³/mol. The average molecular weight is 217 g/mol. The summed E-state index contributed by atoms with van der Waals surface area (Å²) >= 11 is 0. The Morgan fingerprint density at radius 3 is 2.53 bits per heavy atom. The van der Waals surface area contributed by atoms with Gasteiger partial charge in [-0.25, -0.2) is 0 Å². The maximum Gasteiger partial charge on any atom is 0.242 e. The summed E-state index contributed by atoms with van der Waals surface area (Å²) in [5.41, 5.74) is 5.57. The monoisotopic (exact) mass is 217 g/mol. The van der Waals surface area contributed by atoms with Crippen LogP contribution in [0.5, 0.6) is 0 Å². The Morgan fingerprint density at radius 1 is 1.53 bits per heavy atom. The number of hydrogen-bond acceptors (Lipinski definition) is 4. The minimum absolute atomic E-state index is 0.0310. The topological polar surface area (TPSA) is 84.7 Å². The van der Waals surface area contributed by atoms with E-state index in [0.717, 1.165) is 0 Å². The summed E-state index contributed by atoms with van der Waals surface area (Å²) in [6, 6.07) is -0.709. The molecule has 0 aliphatic rings. The molecule has 0 saturated heterocycles. The molecule has 0 rings (SSSR count). The molecule has 6 nitrogen and oxygen atoms in total. The number of ether oxygens (including phenoxy) is 1. The van der Waals surface area contributed by atoms with Crippen molar-refractivity contribution in [2.75, 3.05) is 33.9 Å². The second-order valence-electron chi connectivity index (χ2n) is 3.09. The Labute approximate surface area is 89.7 Å². The molecule has 1 atom stereocenters. The Kier molecular flexibility index (Phi) is 6.64. The van der Waals surface area contributed by atoms with Crippen molar-refractivity contribution in [2.24, 2.45) is 5.73 Å². The van der Waals surface area contributed by atoms with Gasteiger partial charge in [0, 0.05) is 20.7 Å². The van der Waals surface area contributed by atoms with Crippen LogP contribution in [0.25, 0.3) is 0 Å². The molecule has 6 heteroatoms. The number of likely N-dealkylation sites (N-methyl/N-ethyl adjacent to an activating group) is 2. The summed E-state index contributed by atoms with van der Waals surface area (Å²) in [4.78, 5) is 24.1. The summed E-state index contributed by atoms with van der Waals surface area (Å²) in [7, 11) is 3.00. The third-order valence-corrected chi connectivity index (χ3v) is 1.97. The third kappa shape index (κ3) is 4.75. The molecule has 0 spiro atoms. The molecule has 0 fully saturated rings. The van der Waals surface area contributed by atoms with E-state index in [-0.39, 0.29) is 25.0 Å². The maximum absolute atomic E-state index is 11.7. The summed E-state index contributed by atoms with van der Waals surface area (Å²) in [6.07, 6.45) is 0. The van der Waals surface area contributed by atoms with Crippen LogP contribution in [0.2, 0.25) is 0 Å². The number of methoxy groups -OCH3 is 1. The lowest BCUT2D eigenvalue weighted by Crippen LogP contribution is -2.49. The van der Waals surface area contributed by atoms with Crippen LogP contribution in [0, 0.1) is 0 Å². The molecule has 0 aromatic carbocycles. The van der Waals surface area contributed by atoms with E-state index in [0.29, 0.717) is 6.54 Å². The molecule has 0 aliphatic heterocycles. The first-order chi connectivity index (χ1) is 7.06. The normalized spacial score (nSPS) is 12.0. The maximum atomic E-state index is 11.7. The minimum atomic E-state index is -0.709. The van der Waals surface area contributed by atoms with Crippen molar-refractivity contribution in [3.63, 3.8) is 0 Å². The van der Waals surface area contributed by atoms with E-state index in [4.69, 9.17) is 10.5 Å². The highest BCUT2D eigenvalue weighted by Crippen LogP contribution is 1.94.